The van der Waals surface area contributed by atoms with Crippen LogP contribution in [0.1, 0.15) is 24.2 Å². The first-order valence-corrected chi connectivity index (χ1v) is 6.40. The molecule has 2 nitrogen and oxygen atoms in total. The molecule has 2 aromatic carbocycles. The van der Waals surface area contributed by atoms with Gasteiger partial charge in [0.25, 0.3) is 0 Å². The molecule has 0 aliphatic heterocycles. The zero-order valence-corrected chi connectivity index (χ0v) is 11.5. The van der Waals surface area contributed by atoms with Gasteiger partial charge >= 0.3 is 0 Å². The summed E-state index contributed by atoms with van der Waals surface area (Å²) in [6.07, 6.45) is -0.754. The van der Waals surface area contributed by atoms with Gasteiger partial charge in [-0.1, -0.05) is 29.8 Å². The lowest BCUT2D eigenvalue weighted by atomic mass is 10.1. The van der Waals surface area contributed by atoms with Crippen molar-refractivity contribution < 1.29 is 18.6 Å². The molecule has 0 saturated carbocycles. The molecule has 0 aromatic heterocycles. The van der Waals surface area contributed by atoms with Crippen molar-refractivity contribution in [3.8, 4) is 5.75 Å². The van der Waals surface area contributed by atoms with Crippen LogP contribution >= 0.6 is 11.6 Å². The van der Waals surface area contributed by atoms with Crippen LogP contribution < -0.4 is 4.74 Å². The Kier molecular flexibility index (Phi) is 4.57. The minimum absolute atomic E-state index is 0.0229. The molecular formula is C15H13ClF2O2. The van der Waals surface area contributed by atoms with Crippen molar-refractivity contribution in [2.24, 2.45) is 0 Å². The zero-order chi connectivity index (χ0) is 14.7. The van der Waals surface area contributed by atoms with Gasteiger partial charge in [0.05, 0.1) is 11.1 Å². The normalized spacial score (nSPS) is 12.2. The number of aliphatic hydroxyl groups is 1. The first-order chi connectivity index (χ1) is 9.49. The van der Waals surface area contributed by atoms with E-state index < -0.39 is 17.7 Å². The molecule has 0 saturated heterocycles. The Labute approximate surface area is 120 Å². The number of ether oxygens (including phenoxy) is 1. The van der Waals surface area contributed by atoms with E-state index in [1.807, 2.05) is 0 Å². The number of rotatable bonds is 4. The number of hydrogen-bond donors (Lipinski definition) is 1. The number of halogens is 3. The molecule has 0 aliphatic rings. The summed E-state index contributed by atoms with van der Waals surface area (Å²) in [5.74, 6) is -1.11. The van der Waals surface area contributed by atoms with E-state index in [1.54, 1.807) is 19.1 Å². The van der Waals surface area contributed by atoms with Crippen molar-refractivity contribution in [3.63, 3.8) is 0 Å². The van der Waals surface area contributed by atoms with E-state index in [0.717, 1.165) is 0 Å². The quantitative estimate of drug-likeness (QED) is 0.914. The molecule has 0 aliphatic carbocycles. The first-order valence-electron chi connectivity index (χ1n) is 6.02. The van der Waals surface area contributed by atoms with E-state index in [2.05, 4.69) is 0 Å². The molecule has 5 heteroatoms. The van der Waals surface area contributed by atoms with Crippen LogP contribution in [0.15, 0.2) is 36.4 Å². The summed E-state index contributed by atoms with van der Waals surface area (Å²) in [6, 6.07) is 8.54. The fraction of sp³-hybridized carbons (Fsp3) is 0.200. The second-order valence-electron chi connectivity index (χ2n) is 4.37. The minimum Gasteiger partial charge on any atom is -0.486 e. The Morgan fingerprint density at radius 2 is 1.95 bits per heavy atom. The molecule has 0 spiro atoms. The highest BCUT2D eigenvalue weighted by Gasteiger charge is 2.10. The molecule has 106 valence electrons. The average molecular weight is 299 g/mol. The molecule has 0 amide bonds. The van der Waals surface area contributed by atoms with Gasteiger partial charge in [-0.05, 0) is 30.7 Å². The highest BCUT2D eigenvalue weighted by Crippen LogP contribution is 2.25. The van der Waals surface area contributed by atoms with Gasteiger partial charge in [0.1, 0.15) is 12.4 Å². The smallest absolute Gasteiger partial charge is 0.165 e. The lowest BCUT2D eigenvalue weighted by Gasteiger charge is -2.11. The fourth-order valence-corrected chi connectivity index (χ4v) is 1.89. The third kappa shape index (κ3) is 3.26. The second kappa shape index (κ2) is 6.20. The first kappa shape index (κ1) is 14.8. The predicted molar refractivity (Wildman–Crippen MR) is 72.8 cm³/mol. The molecular weight excluding hydrogens is 286 g/mol. The SMILES string of the molecule is CC(O)c1ccc(OCc2cccc(F)c2Cl)c(F)c1. The largest absolute Gasteiger partial charge is 0.486 e. The Balaban J connectivity index is 2.13. The summed E-state index contributed by atoms with van der Waals surface area (Å²) in [7, 11) is 0. The lowest BCUT2D eigenvalue weighted by Crippen LogP contribution is -2.00. The van der Waals surface area contributed by atoms with E-state index in [0.29, 0.717) is 11.1 Å². The van der Waals surface area contributed by atoms with Crippen LogP contribution in [0.2, 0.25) is 5.02 Å². The standard InChI is InChI=1S/C15H13ClF2O2/c1-9(19)10-5-6-14(13(18)7-10)20-8-11-3-2-4-12(17)15(11)16/h2-7,9,19H,8H2,1H3. The van der Waals surface area contributed by atoms with Crippen molar-refractivity contribution >= 4 is 11.6 Å². The second-order valence-corrected chi connectivity index (χ2v) is 4.75. The van der Waals surface area contributed by atoms with E-state index >= 15 is 0 Å². The fourth-order valence-electron chi connectivity index (χ4n) is 1.71. The Morgan fingerprint density at radius 3 is 2.60 bits per heavy atom. The Morgan fingerprint density at radius 1 is 1.20 bits per heavy atom. The third-order valence-electron chi connectivity index (χ3n) is 2.85. The van der Waals surface area contributed by atoms with Crippen LogP contribution in [0.25, 0.3) is 0 Å². The maximum atomic E-state index is 13.7. The molecule has 1 unspecified atom stereocenters. The maximum absolute atomic E-state index is 13.7. The van der Waals surface area contributed by atoms with E-state index in [1.165, 1.54) is 24.3 Å². The van der Waals surface area contributed by atoms with Gasteiger partial charge in [-0.2, -0.15) is 0 Å². The van der Waals surface area contributed by atoms with E-state index in [4.69, 9.17) is 16.3 Å². The van der Waals surface area contributed by atoms with Gasteiger partial charge in [-0.15, -0.1) is 0 Å². The highest BCUT2D eigenvalue weighted by atomic mass is 35.5. The summed E-state index contributed by atoms with van der Waals surface area (Å²) >= 11 is 5.78. The zero-order valence-electron chi connectivity index (χ0n) is 10.7. The number of benzene rings is 2. The summed E-state index contributed by atoms with van der Waals surface area (Å²) in [5, 5.41) is 9.31. The third-order valence-corrected chi connectivity index (χ3v) is 3.28. The van der Waals surface area contributed by atoms with Crippen LogP contribution in [0.3, 0.4) is 0 Å². The van der Waals surface area contributed by atoms with Gasteiger partial charge < -0.3 is 9.84 Å². The van der Waals surface area contributed by atoms with E-state index in [-0.39, 0.29) is 17.4 Å². The Bertz CT molecular complexity index is 615. The van der Waals surface area contributed by atoms with Gasteiger partial charge in [-0.3, -0.25) is 0 Å². The van der Waals surface area contributed by atoms with Crippen molar-refractivity contribution in [3.05, 3.63) is 64.2 Å². The molecule has 0 radical (unpaired) electrons. The molecule has 1 N–H and O–H groups in total. The van der Waals surface area contributed by atoms with Crippen LogP contribution in [0, 0.1) is 11.6 Å². The molecule has 0 bridgehead atoms. The molecule has 2 rings (SSSR count). The van der Waals surface area contributed by atoms with Crippen LogP contribution in [0.5, 0.6) is 5.75 Å². The van der Waals surface area contributed by atoms with Gasteiger partial charge in [0, 0.05) is 5.56 Å². The number of aliphatic hydroxyl groups excluding tert-OH is 1. The molecule has 0 heterocycles. The van der Waals surface area contributed by atoms with Crippen LogP contribution in [-0.4, -0.2) is 5.11 Å². The summed E-state index contributed by atoms with van der Waals surface area (Å²) in [6.45, 7) is 1.50. The highest BCUT2D eigenvalue weighted by molar-refractivity contribution is 6.31. The summed E-state index contributed by atoms with van der Waals surface area (Å²) in [4.78, 5) is 0. The van der Waals surface area contributed by atoms with Crippen molar-refractivity contribution in [2.75, 3.05) is 0 Å². The maximum Gasteiger partial charge on any atom is 0.165 e. The van der Waals surface area contributed by atoms with Gasteiger partial charge in [-0.25, -0.2) is 8.78 Å². The van der Waals surface area contributed by atoms with Crippen LogP contribution in [0.4, 0.5) is 8.78 Å². The minimum atomic E-state index is -0.754. The van der Waals surface area contributed by atoms with Crippen molar-refractivity contribution in [2.45, 2.75) is 19.6 Å². The van der Waals surface area contributed by atoms with Crippen molar-refractivity contribution in [1.82, 2.24) is 0 Å². The lowest BCUT2D eigenvalue weighted by molar-refractivity contribution is 0.198. The molecule has 1 atom stereocenters. The monoisotopic (exact) mass is 298 g/mol. The van der Waals surface area contributed by atoms with Crippen LogP contribution in [-0.2, 0) is 6.61 Å². The van der Waals surface area contributed by atoms with Crippen molar-refractivity contribution in [1.29, 1.82) is 0 Å². The summed E-state index contributed by atoms with van der Waals surface area (Å²) in [5.41, 5.74) is 0.893. The predicted octanol–water partition coefficient (Wildman–Crippen LogP) is 4.25. The van der Waals surface area contributed by atoms with E-state index in [9.17, 15) is 13.9 Å². The molecule has 0 fully saturated rings. The number of hydrogen-bond acceptors (Lipinski definition) is 2. The summed E-state index contributed by atoms with van der Waals surface area (Å²) < 4.78 is 32.3. The van der Waals surface area contributed by atoms with Gasteiger partial charge in [0.15, 0.2) is 11.6 Å². The molecule has 2 aromatic rings. The Hall–Kier alpha value is -1.65. The van der Waals surface area contributed by atoms with Gasteiger partial charge in [0.2, 0.25) is 0 Å². The molecule has 20 heavy (non-hydrogen) atoms. The average Bonchev–Trinajstić information content (AvgIpc) is 2.41. The topological polar surface area (TPSA) is 29.5 Å².